The van der Waals surface area contributed by atoms with Gasteiger partial charge >= 0.3 is 0 Å². The van der Waals surface area contributed by atoms with Gasteiger partial charge in [-0.1, -0.05) is 25.5 Å². The highest BCUT2D eigenvalue weighted by Gasteiger charge is 2.19. The zero-order chi connectivity index (χ0) is 13.3. The Morgan fingerprint density at radius 1 is 1.33 bits per heavy atom. The van der Waals surface area contributed by atoms with Crippen LogP contribution in [0.25, 0.3) is 11.0 Å². The number of halogens is 1. The van der Waals surface area contributed by atoms with Crippen LogP contribution >= 0.6 is 11.6 Å². The van der Waals surface area contributed by atoms with Crippen LogP contribution in [-0.4, -0.2) is 9.55 Å². The lowest BCUT2D eigenvalue weighted by Gasteiger charge is -2.18. The van der Waals surface area contributed by atoms with Gasteiger partial charge in [0, 0.05) is 6.04 Å². The fraction of sp³-hybridized carbons (Fsp3) is 0.533. The lowest BCUT2D eigenvalue weighted by molar-refractivity contribution is 0.494. The highest BCUT2D eigenvalue weighted by atomic mass is 35.5. The van der Waals surface area contributed by atoms with Crippen LogP contribution in [0.1, 0.15) is 56.4 Å². The third-order valence-electron chi connectivity index (χ3n) is 3.45. The van der Waals surface area contributed by atoms with Crippen molar-refractivity contribution in [2.24, 2.45) is 0 Å². The number of benzene rings is 1. The quantitative estimate of drug-likeness (QED) is 0.710. The smallest absolute Gasteiger partial charge is 0.127 e. The number of aryl methyl sites for hydroxylation is 1. The molecule has 0 aliphatic heterocycles. The van der Waals surface area contributed by atoms with Crippen LogP contribution in [-0.2, 0) is 0 Å². The third-order valence-corrected chi connectivity index (χ3v) is 3.65. The molecule has 3 heteroatoms. The molecule has 0 aliphatic carbocycles. The van der Waals surface area contributed by atoms with Crippen molar-refractivity contribution in [3.8, 4) is 0 Å². The molecule has 0 saturated heterocycles. The maximum absolute atomic E-state index is 6.29. The van der Waals surface area contributed by atoms with Gasteiger partial charge in [-0.25, -0.2) is 4.98 Å². The van der Waals surface area contributed by atoms with Crippen molar-refractivity contribution < 1.29 is 0 Å². The summed E-state index contributed by atoms with van der Waals surface area (Å²) < 4.78 is 2.31. The van der Waals surface area contributed by atoms with Crippen molar-refractivity contribution in [1.82, 2.24) is 9.55 Å². The Bertz CT molecular complexity index is 543. The molecule has 1 heterocycles. The number of imidazole rings is 1. The summed E-state index contributed by atoms with van der Waals surface area (Å²) in [6.07, 6.45) is 2.32. The van der Waals surface area contributed by atoms with Crippen LogP contribution in [0.2, 0.25) is 0 Å². The first-order valence-corrected chi connectivity index (χ1v) is 7.11. The molecule has 1 aromatic carbocycles. The number of aromatic nitrogens is 2. The van der Waals surface area contributed by atoms with Gasteiger partial charge in [0.25, 0.3) is 0 Å². The Balaban J connectivity index is 2.66. The molecule has 2 atom stereocenters. The van der Waals surface area contributed by atoms with E-state index in [1.807, 2.05) is 6.92 Å². The normalized spacial score (nSPS) is 14.9. The Kier molecular flexibility index (Phi) is 3.96. The maximum Gasteiger partial charge on any atom is 0.127 e. The van der Waals surface area contributed by atoms with E-state index in [0.29, 0.717) is 6.04 Å². The predicted molar refractivity (Wildman–Crippen MR) is 78.4 cm³/mol. The van der Waals surface area contributed by atoms with Gasteiger partial charge in [-0.05, 0) is 38.8 Å². The summed E-state index contributed by atoms with van der Waals surface area (Å²) in [5.41, 5.74) is 3.51. The molecular formula is C15H21ClN2. The van der Waals surface area contributed by atoms with Crippen LogP contribution in [0.4, 0.5) is 0 Å². The third kappa shape index (κ3) is 2.26. The maximum atomic E-state index is 6.29. The van der Waals surface area contributed by atoms with E-state index in [9.17, 15) is 0 Å². The fourth-order valence-electron chi connectivity index (χ4n) is 2.57. The molecule has 2 aromatic rings. The summed E-state index contributed by atoms with van der Waals surface area (Å²) in [5.74, 6) is 0.988. The SMILES string of the molecule is CCCC(C)n1c(C(C)Cl)nc2c(C)cccc21. The standard InChI is InChI=1S/C15H21ClN2/c1-5-7-11(3)18-13-9-6-8-10(2)14(13)17-15(18)12(4)16/h6,8-9,11-12H,5,7H2,1-4H3. The Hall–Kier alpha value is -1.02. The van der Waals surface area contributed by atoms with Crippen LogP contribution in [0, 0.1) is 6.92 Å². The van der Waals surface area contributed by atoms with Crippen LogP contribution in [0.15, 0.2) is 18.2 Å². The fourth-order valence-corrected chi connectivity index (χ4v) is 2.72. The van der Waals surface area contributed by atoms with Crippen molar-refractivity contribution in [3.05, 3.63) is 29.6 Å². The molecule has 0 bridgehead atoms. The number of para-hydroxylation sites is 1. The molecule has 0 radical (unpaired) electrons. The lowest BCUT2D eigenvalue weighted by atomic mass is 10.1. The Morgan fingerprint density at radius 3 is 2.67 bits per heavy atom. The number of hydrogen-bond acceptors (Lipinski definition) is 1. The first-order valence-electron chi connectivity index (χ1n) is 6.67. The number of fused-ring (bicyclic) bond motifs is 1. The molecule has 2 nitrogen and oxygen atoms in total. The number of hydrogen-bond donors (Lipinski definition) is 0. The van der Waals surface area contributed by atoms with Crippen LogP contribution in [0.3, 0.4) is 0 Å². The van der Waals surface area contributed by atoms with E-state index in [1.54, 1.807) is 0 Å². The van der Waals surface area contributed by atoms with Gasteiger partial charge in [-0.2, -0.15) is 0 Å². The van der Waals surface area contributed by atoms with Crippen molar-refractivity contribution in [1.29, 1.82) is 0 Å². The van der Waals surface area contributed by atoms with E-state index in [1.165, 1.54) is 17.5 Å². The summed E-state index contributed by atoms with van der Waals surface area (Å²) in [6.45, 7) is 8.56. The van der Waals surface area contributed by atoms with Gasteiger partial charge in [-0.3, -0.25) is 0 Å². The highest BCUT2D eigenvalue weighted by molar-refractivity contribution is 6.20. The summed E-state index contributed by atoms with van der Waals surface area (Å²) >= 11 is 6.29. The van der Waals surface area contributed by atoms with Crippen LogP contribution in [0.5, 0.6) is 0 Å². The molecule has 0 amide bonds. The Morgan fingerprint density at radius 2 is 2.06 bits per heavy atom. The molecule has 1 aromatic heterocycles. The molecule has 0 saturated carbocycles. The lowest BCUT2D eigenvalue weighted by Crippen LogP contribution is -2.09. The summed E-state index contributed by atoms with van der Waals surface area (Å²) in [4.78, 5) is 4.75. The van der Waals surface area contributed by atoms with E-state index in [2.05, 4.69) is 43.5 Å². The van der Waals surface area contributed by atoms with Gasteiger partial charge in [-0.15, -0.1) is 11.6 Å². The van der Waals surface area contributed by atoms with E-state index < -0.39 is 0 Å². The van der Waals surface area contributed by atoms with E-state index in [-0.39, 0.29) is 5.38 Å². The zero-order valence-corrected chi connectivity index (χ0v) is 12.3. The monoisotopic (exact) mass is 264 g/mol. The molecule has 18 heavy (non-hydrogen) atoms. The minimum atomic E-state index is -0.0592. The van der Waals surface area contributed by atoms with Crippen molar-refractivity contribution in [2.45, 2.75) is 52.0 Å². The van der Waals surface area contributed by atoms with E-state index in [4.69, 9.17) is 16.6 Å². The van der Waals surface area contributed by atoms with Gasteiger partial charge < -0.3 is 4.57 Å². The van der Waals surface area contributed by atoms with E-state index in [0.717, 1.165) is 17.8 Å². The summed E-state index contributed by atoms with van der Waals surface area (Å²) in [5, 5.41) is -0.0592. The van der Waals surface area contributed by atoms with Crippen molar-refractivity contribution in [2.75, 3.05) is 0 Å². The molecule has 0 spiro atoms. The molecule has 98 valence electrons. The van der Waals surface area contributed by atoms with Gasteiger partial charge in [0.1, 0.15) is 5.82 Å². The summed E-state index contributed by atoms with van der Waals surface area (Å²) in [7, 11) is 0. The topological polar surface area (TPSA) is 17.8 Å². The van der Waals surface area contributed by atoms with Crippen molar-refractivity contribution >= 4 is 22.6 Å². The van der Waals surface area contributed by atoms with E-state index >= 15 is 0 Å². The predicted octanol–water partition coefficient (Wildman–Crippen LogP) is 5.01. The largest absolute Gasteiger partial charge is 0.324 e. The number of rotatable bonds is 4. The summed E-state index contributed by atoms with van der Waals surface area (Å²) in [6, 6.07) is 6.78. The zero-order valence-electron chi connectivity index (χ0n) is 11.6. The van der Waals surface area contributed by atoms with Gasteiger partial charge in [0.15, 0.2) is 0 Å². The van der Waals surface area contributed by atoms with Crippen molar-refractivity contribution in [3.63, 3.8) is 0 Å². The Labute approximate surface area is 114 Å². The van der Waals surface area contributed by atoms with Gasteiger partial charge in [0.2, 0.25) is 0 Å². The second-order valence-electron chi connectivity index (χ2n) is 5.04. The molecule has 0 aliphatic rings. The van der Waals surface area contributed by atoms with Gasteiger partial charge in [0.05, 0.1) is 16.4 Å². The second-order valence-corrected chi connectivity index (χ2v) is 5.69. The number of alkyl halides is 1. The second kappa shape index (κ2) is 5.31. The average molecular weight is 265 g/mol. The van der Waals surface area contributed by atoms with Crippen LogP contribution < -0.4 is 0 Å². The minimum Gasteiger partial charge on any atom is -0.324 e. The molecule has 0 fully saturated rings. The minimum absolute atomic E-state index is 0.0592. The molecule has 0 N–H and O–H groups in total. The number of nitrogens with zero attached hydrogens (tertiary/aromatic N) is 2. The highest BCUT2D eigenvalue weighted by Crippen LogP contribution is 2.30. The molecular weight excluding hydrogens is 244 g/mol. The molecule has 2 rings (SSSR count). The first-order chi connectivity index (χ1) is 8.56. The molecule has 2 unspecified atom stereocenters. The average Bonchev–Trinajstić information content (AvgIpc) is 2.70. The first kappa shape index (κ1) is 13.4.